The van der Waals surface area contributed by atoms with E-state index in [9.17, 15) is 14.4 Å². The van der Waals surface area contributed by atoms with Crippen LogP contribution in [0.4, 0.5) is 0 Å². The monoisotopic (exact) mass is 343 g/mol. The fraction of sp³-hybridized carbons (Fsp3) is 0.526. The van der Waals surface area contributed by atoms with Crippen LogP contribution in [0.5, 0.6) is 0 Å². The van der Waals surface area contributed by atoms with E-state index in [0.29, 0.717) is 45.4 Å². The molecule has 0 bridgehead atoms. The van der Waals surface area contributed by atoms with Gasteiger partial charge in [0, 0.05) is 32.6 Å². The summed E-state index contributed by atoms with van der Waals surface area (Å²) in [6.07, 6.45) is 1.39. The molecule has 1 atom stereocenters. The average molecular weight is 343 g/mol. The molecule has 0 saturated carbocycles. The minimum absolute atomic E-state index is 0.0212. The van der Waals surface area contributed by atoms with E-state index in [-0.39, 0.29) is 23.8 Å². The lowest BCUT2D eigenvalue weighted by Gasteiger charge is -2.36. The molecule has 0 spiro atoms. The number of rotatable bonds is 3. The third-order valence-electron chi connectivity index (χ3n) is 5.16. The lowest BCUT2D eigenvalue weighted by Crippen LogP contribution is -2.54. The van der Waals surface area contributed by atoms with Gasteiger partial charge in [-0.1, -0.05) is 18.2 Å². The molecule has 6 nitrogen and oxygen atoms in total. The molecule has 6 heteroatoms. The van der Waals surface area contributed by atoms with Crippen molar-refractivity contribution in [2.75, 3.05) is 26.2 Å². The molecule has 0 aromatic heterocycles. The Morgan fingerprint density at radius 2 is 1.76 bits per heavy atom. The topological polar surface area (TPSA) is 69.7 Å². The van der Waals surface area contributed by atoms with Crippen LogP contribution in [-0.2, 0) is 20.8 Å². The van der Waals surface area contributed by atoms with Crippen molar-refractivity contribution >= 4 is 17.7 Å². The van der Waals surface area contributed by atoms with Gasteiger partial charge in [-0.3, -0.25) is 14.4 Å². The number of amides is 3. The third kappa shape index (κ3) is 4.00. The summed E-state index contributed by atoms with van der Waals surface area (Å²) < 4.78 is 0. The Labute approximate surface area is 148 Å². The summed E-state index contributed by atoms with van der Waals surface area (Å²) in [5, 5.41) is 2.72. The van der Waals surface area contributed by atoms with E-state index < -0.39 is 0 Å². The Kier molecular flexibility index (Phi) is 5.06. The molecule has 2 aliphatic heterocycles. The molecule has 1 unspecified atom stereocenters. The number of hydrogen-bond acceptors (Lipinski definition) is 3. The first kappa shape index (κ1) is 17.5. The third-order valence-corrected chi connectivity index (χ3v) is 5.16. The second-order valence-corrected chi connectivity index (χ2v) is 6.96. The molecule has 2 saturated heterocycles. The lowest BCUT2D eigenvalue weighted by molar-refractivity contribution is -0.140. The smallest absolute Gasteiger partial charge is 0.245 e. The maximum atomic E-state index is 12.5. The van der Waals surface area contributed by atoms with Crippen LogP contribution in [0.3, 0.4) is 0 Å². The minimum atomic E-state index is -0.384. The average Bonchev–Trinajstić information content (AvgIpc) is 3.04. The van der Waals surface area contributed by atoms with Gasteiger partial charge in [0.05, 0.1) is 6.42 Å². The van der Waals surface area contributed by atoms with Gasteiger partial charge in [0.25, 0.3) is 0 Å². The van der Waals surface area contributed by atoms with Crippen molar-refractivity contribution in [2.24, 2.45) is 0 Å². The number of hydrogen-bond donors (Lipinski definition) is 1. The number of nitrogens with zero attached hydrogens (tertiary/aromatic N) is 2. The van der Waals surface area contributed by atoms with Gasteiger partial charge >= 0.3 is 0 Å². The van der Waals surface area contributed by atoms with Gasteiger partial charge in [-0.15, -0.1) is 0 Å². The maximum absolute atomic E-state index is 12.5. The van der Waals surface area contributed by atoms with Crippen LogP contribution < -0.4 is 5.32 Å². The number of piperazine rings is 1. The molecule has 2 fully saturated rings. The van der Waals surface area contributed by atoms with E-state index in [2.05, 4.69) is 25.2 Å². The molecule has 25 heavy (non-hydrogen) atoms. The SMILES string of the molecule is Cc1ccc(CC(=O)N2CCN(C(=O)C3CCC(=O)N3)CC2)cc1C. The molecule has 2 aliphatic rings. The van der Waals surface area contributed by atoms with Crippen LogP contribution in [0.25, 0.3) is 0 Å². The summed E-state index contributed by atoms with van der Waals surface area (Å²) in [6.45, 7) is 6.28. The van der Waals surface area contributed by atoms with Crippen molar-refractivity contribution in [1.29, 1.82) is 0 Å². The fourth-order valence-corrected chi connectivity index (χ4v) is 3.40. The summed E-state index contributed by atoms with van der Waals surface area (Å²) in [6, 6.07) is 5.73. The van der Waals surface area contributed by atoms with Crippen molar-refractivity contribution in [3.8, 4) is 0 Å². The fourth-order valence-electron chi connectivity index (χ4n) is 3.40. The maximum Gasteiger partial charge on any atom is 0.245 e. The second-order valence-electron chi connectivity index (χ2n) is 6.96. The van der Waals surface area contributed by atoms with Crippen molar-refractivity contribution in [2.45, 2.75) is 39.2 Å². The second kappa shape index (κ2) is 7.25. The van der Waals surface area contributed by atoms with Crippen LogP contribution in [0.2, 0.25) is 0 Å². The summed E-state index contributed by atoms with van der Waals surface area (Å²) in [5.41, 5.74) is 3.45. The first-order chi connectivity index (χ1) is 11.9. The zero-order chi connectivity index (χ0) is 18.0. The Morgan fingerprint density at radius 3 is 2.36 bits per heavy atom. The van der Waals surface area contributed by atoms with Crippen molar-refractivity contribution < 1.29 is 14.4 Å². The molecule has 1 aromatic carbocycles. The highest BCUT2D eigenvalue weighted by molar-refractivity contribution is 5.91. The standard InChI is InChI=1S/C19H25N3O3/c1-13-3-4-15(11-14(13)2)12-18(24)21-7-9-22(10-8-21)19(25)16-5-6-17(23)20-16/h3-4,11,16H,5-10,12H2,1-2H3,(H,20,23). The van der Waals surface area contributed by atoms with E-state index in [1.54, 1.807) is 4.90 Å². The predicted molar refractivity (Wildman–Crippen MR) is 93.9 cm³/mol. The molecule has 0 aliphatic carbocycles. The molecule has 134 valence electrons. The van der Waals surface area contributed by atoms with Crippen LogP contribution in [0, 0.1) is 13.8 Å². The van der Waals surface area contributed by atoms with Gasteiger partial charge in [-0.25, -0.2) is 0 Å². The van der Waals surface area contributed by atoms with E-state index in [0.717, 1.165) is 5.56 Å². The van der Waals surface area contributed by atoms with Gasteiger partial charge < -0.3 is 15.1 Å². The largest absolute Gasteiger partial charge is 0.344 e. The summed E-state index contributed by atoms with van der Waals surface area (Å²) >= 11 is 0. The Hall–Kier alpha value is -2.37. The molecule has 1 aromatic rings. The highest BCUT2D eigenvalue weighted by atomic mass is 16.2. The summed E-state index contributed by atoms with van der Waals surface area (Å²) in [7, 11) is 0. The zero-order valence-corrected chi connectivity index (χ0v) is 14.9. The van der Waals surface area contributed by atoms with Gasteiger partial charge in [0.15, 0.2) is 0 Å². The summed E-state index contributed by atoms with van der Waals surface area (Å²) in [5.74, 6) is 0.0252. The minimum Gasteiger partial charge on any atom is -0.344 e. The number of benzene rings is 1. The van der Waals surface area contributed by atoms with E-state index >= 15 is 0 Å². The van der Waals surface area contributed by atoms with Crippen LogP contribution >= 0.6 is 0 Å². The number of nitrogens with one attached hydrogen (secondary N) is 1. The lowest BCUT2D eigenvalue weighted by atomic mass is 10.0. The Balaban J connectivity index is 1.51. The van der Waals surface area contributed by atoms with E-state index in [4.69, 9.17) is 0 Å². The number of carbonyl (C=O) groups is 3. The highest BCUT2D eigenvalue weighted by Gasteiger charge is 2.32. The molecule has 3 rings (SSSR count). The van der Waals surface area contributed by atoms with Crippen LogP contribution in [-0.4, -0.2) is 59.7 Å². The first-order valence-electron chi connectivity index (χ1n) is 8.86. The molecular formula is C19H25N3O3. The first-order valence-corrected chi connectivity index (χ1v) is 8.86. The number of carbonyl (C=O) groups excluding carboxylic acids is 3. The Morgan fingerprint density at radius 1 is 1.08 bits per heavy atom. The van der Waals surface area contributed by atoms with Crippen LogP contribution in [0.15, 0.2) is 18.2 Å². The molecule has 1 N–H and O–H groups in total. The normalized spacial score (nSPS) is 20.6. The zero-order valence-electron chi connectivity index (χ0n) is 14.9. The summed E-state index contributed by atoms with van der Waals surface area (Å²) in [4.78, 5) is 39.7. The van der Waals surface area contributed by atoms with E-state index in [1.807, 2.05) is 17.0 Å². The number of aryl methyl sites for hydroxylation is 2. The highest BCUT2D eigenvalue weighted by Crippen LogP contribution is 2.14. The van der Waals surface area contributed by atoms with Crippen molar-refractivity contribution in [1.82, 2.24) is 15.1 Å². The van der Waals surface area contributed by atoms with Gasteiger partial charge in [-0.2, -0.15) is 0 Å². The molecule has 2 heterocycles. The van der Waals surface area contributed by atoms with Gasteiger partial charge in [0.2, 0.25) is 17.7 Å². The Bertz CT molecular complexity index is 693. The quantitative estimate of drug-likeness (QED) is 0.882. The predicted octanol–water partition coefficient (Wildman–Crippen LogP) is 0.795. The van der Waals surface area contributed by atoms with Crippen molar-refractivity contribution in [3.05, 3.63) is 34.9 Å². The van der Waals surface area contributed by atoms with Gasteiger partial charge in [0.1, 0.15) is 6.04 Å². The van der Waals surface area contributed by atoms with Crippen molar-refractivity contribution in [3.63, 3.8) is 0 Å². The molecular weight excluding hydrogens is 318 g/mol. The van der Waals surface area contributed by atoms with Gasteiger partial charge in [-0.05, 0) is 37.0 Å². The molecule has 0 radical (unpaired) electrons. The molecule has 3 amide bonds. The van der Waals surface area contributed by atoms with Crippen LogP contribution in [0.1, 0.15) is 29.5 Å². The van der Waals surface area contributed by atoms with E-state index in [1.165, 1.54) is 11.1 Å².